The second kappa shape index (κ2) is 6.12. The number of nitrogen functional groups attached to an aromatic ring is 1. The zero-order valence-corrected chi connectivity index (χ0v) is 9.74. The molecule has 0 aromatic heterocycles. The lowest BCUT2D eigenvalue weighted by Gasteiger charge is -2.13. The fourth-order valence-electron chi connectivity index (χ4n) is 1.33. The predicted molar refractivity (Wildman–Crippen MR) is 64.9 cm³/mol. The highest BCUT2D eigenvalue weighted by molar-refractivity contribution is 6.30. The third-order valence-corrected chi connectivity index (χ3v) is 2.28. The van der Waals surface area contributed by atoms with E-state index in [4.69, 9.17) is 23.1 Å². The number of hydrogen-bond acceptors (Lipinski definition) is 2. The first kappa shape index (κ1) is 13.6. The molecule has 0 spiro atoms. The summed E-state index contributed by atoms with van der Waals surface area (Å²) >= 11 is 5.85. The van der Waals surface area contributed by atoms with Gasteiger partial charge in [-0.3, -0.25) is 0 Å². The minimum absolute atomic E-state index is 0. The van der Waals surface area contributed by atoms with Gasteiger partial charge in [0.2, 0.25) is 0 Å². The maximum absolute atomic E-state index is 5.94. The van der Waals surface area contributed by atoms with Crippen molar-refractivity contribution in [3.63, 3.8) is 0 Å². The summed E-state index contributed by atoms with van der Waals surface area (Å²) < 4.78 is 0. The first-order chi connectivity index (χ1) is 6.15. The summed E-state index contributed by atoms with van der Waals surface area (Å²) in [6.07, 6.45) is 1.98. The molecule has 0 fully saturated rings. The Morgan fingerprint density at radius 3 is 2.64 bits per heavy atom. The van der Waals surface area contributed by atoms with Gasteiger partial charge in [-0.1, -0.05) is 24.9 Å². The van der Waals surface area contributed by atoms with E-state index in [2.05, 4.69) is 6.92 Å². The second-order valence-corrected chi connectivity index (χ2v) is 3.60. The van der Waals surface area contributed by atoms with Gasteiger partial charge in [0.1, 0.15) is 0 Å². The number of halogens is 2. The Labute approximate surface area is 96.0 Å². The Bertz CT molecular complexity index is 289. The van der Waals surface area contributed by atoms with Gasteiger partial charge < -0.3 is 11.5 Å². The normalized spacial score (nSPS) is 11.9. The van der Waals surface area contributed by atoms with Crippen LogP contribution in [-0.4, -0.2) is 0 Å². The Kier molecular flexibility index (Phi) is 5.93. The highest BCUT2D eigenvalue weighted by Gasteiger charge is 2.08. The Morgan fingerprint density at radius 1 is 1.43 bits per heavy atom. The van der Waals surface area contributed by atoms with Crippen LogP contribution < -0.4 is 11.5 Å². The highest BCUT2D eigenvalue weighted by Crippen LogP contribution is 2.25. The average molecular weight is 235 g/mol. The lowest BCUT2D eigenvalue weighted by molar-refractivity contribution is 0.640. The summed E-state index contributed by atoms with van der Waals surface area (Å²) in [4.78, 5) is 0. The topological polar surface area (TPSA) is 52.0 Å². The van der Waals surface area contributed by atoms with Crippen molar-refractivity contribution < 1.29 is 0 Å². The minimum atomic E-state index is 0. The number of hydrogen-bond donors (Lipinski definition) is 2. The molecule has 0 aliphatic carbocycles. The van der Waals surface area contributed by atoms with Gasteiger partial charge in [-0.05, 0) is 30.2 Å². The van der Waals surface area contributed by atoms with Crippen molar-refractivity contribution in [1.82, 2.24) is 0 Å². The van der Waals surface area contributed by atoms with Crippen LogP contribution >= 0.6 is 24.0 Å². The molecule has 14 heavy (non-hydrogen) atoms. The van der Waals surface area contributed by atoms with Crippen molar-refractivity contribution in [2.45, 2.75) is 25.8 Å². The molecule has 0 heterocycles. The van der Waals surface area contributed by atoms with Gasteiger partial charge in [-0.2, -0.15) is 0 Å². The van der Waals surface area contributed by atoms with E-state index in [1.807, 2.05) is 6.07 Å². The molecule has 1 aromatic rings. The maximum Gasteiger partial charge on any atom is 0.0410 e. The molecule has 1 rings (SSSR count). The van der Waals surface area contributed by atoms with Crippen LogP contribution in [0.15, 0.2) is 18.2 Å². The summed E-state index contributed by atoms with van der Waals surface area (Å²) in [6.45, 7) is 2.10. The summed E-state index contributed by atoms with van der Waals surface area (Å²) in [5.41, 5.74) is 13.4. The molecule has 4 heteroatoms. The summed E-state index contributed by atoms with van der Waals surface area (Å²) in [7, 11) is 0. The fraction of sp³-hybridized carbons (Fsp3) is 0.400. The maximum atomic E-state index is 5.94. The van der Waals surface area contributed by atoms with Crippen LogP contribution in [0, 0.1) is 0 Å². The summed E-state index contributed by atoms with van der Waals surface area (Å²) in [6, 6.07) is 5.42. The number of anilines is 1. The van der Waals surface area contributed by atoms with E-state index in [-0.39, 0.29) is 18.4 Å². The van der Waals surface area contributed by atoms with Crippen molar-refractivity contribution in [1.29, 1.82) is 0 Å². The van der Waals surface area contributed by atoms with Crippen molar-refractivity contribution in [2.75, 3.05) is 5.73 Å². The molecular formula is C10H16Cl2N2. The lowest BCUT2D eigenvalue weighted by Crippen LogP contribution is -2.11. The number of nitrogens with two attached hydrogens (primary N) is 2. The molecule has 0 bridgehead atoms. The van der Waals surface area contributed by atoms with Gasteiger partial charge in [0.05, 0.1) is 0 Å². The van der Waals surface area contributed by atoms with Gasteiger partial charge in [0.15, 0.2) is 0 Å². The quantitative estimate of drug-likeness (QED) is 0.790. The molecule has 80 valence electrons. The lowest BCUT2D eigenvalue weighted by atomic mass is 10.0. The molecule has 1 aromatic carbocycles. The molecule has 2 nitrogen and oxygen atoms in total. The largest absolute Gasteiger partial charge is 0.398 e. The summed E-state index contributed by atoms with van der Waals surface area (Å²) in [5, 5.41) is 0.691. The van der Waals surface area contributed by atoms with Crippen molar-refractivity contribution >= 4 is 29.7 Å². The van der Waals surface area contributed by atoms with Crippen molar-refractivity contribution in [3.05, 3.63) is 28.8 Å². The number of rotatable bonds is 3. The monoisotopic (exact) mass is 234 g/mol. The van der Waals surface area contributed by atoms with Gasteiger partial charge in [-0.25, -0.2) is 0 Å². The van der Waals surface area contributed by atoms with Gasteiger partial charge in [0.25, 0.3) is 0 Å². The van der Waals surface area contributed by atoms with E-state index in [0.717, 1.165) is 24.1 Å². The third-order valence-electron chi connectivity index (χ3n) is 2.05. The van der Waals surface area contributed by atoms with E-state index >= 15 is 0 Å². The Balaban J connectivity index is 0.00000169. The van der Waals surface area contributed by atoms with Crippen LogP contribution in [0.4, 0.5) is 5.69 Å². The van der Waals surface area contributed by atoms with E-state index < -0.39 is 0 Å². The van der Waals surface area contributed by atoms with E-state index in [0.29, 0.717) is 5.02 Å². The minimum Gasteiger partial charge on any atom is -0.398 e. The van der Waals surface area contributed by atoms with Crippen LogP contribution in [0.3, 0.4) is 0 Å². The highest BCUT2D eigenvalue weighted by atomic mass is 35.5. The molecule has 4 N–H and O–H groups in total. The van der Waals surface area contributed by atoms with Crippen LogP contribution in [0.5, 0.6) is 0 Å². The SMILES string of the molecule is CCC[C@H](N)c1cc(Cl)ccc1N.Cl. The molecule has 0 saturated carbocycles. The molecule has 0 aliphatic rings. The molecule has 0 amide bonds. The Morgan fingerprint density at radius 2 is 2.07 bits per heavy atom. The fourth-order valence-corrected chi connectivity index (χ4v) is 1.51. The van der Waals surface area contributed by atoms with Crippen LogP contribution in [-0.2, 0) is 0 Å². The molecule has 0 radical (unpaired) electrons. The van der Waals surface area contributed by atoms with E-state index in [1.54, 1.807) is 12.1 Å². The van der Waals surface area contributed by atoms with Gasteiger partial charge >= 0.3 is 0 Å². The van der Waals surface area contributed by atoms with Gasteiger partial charge in [-0.15, -0.1) is 12.4 Å². The van der Waals surface area contributed by atoms with Crippen LogP contribution in [0.2, 0.25) is 5.02 Å². The molecule has 0 aliphatic heterocycles. The smallest absolute Gasteiger partial charge is 0.0410 e. The van der Waals surface area contributed by atoms with Crippen molar-refractivity contribution in [2.24, 2.45) is 5.73 Å². The predicted octanol–water partition coefficient (Wildman–Crippen LogP) is 3.14. The zero-order chi connectivity index (χ0) is 9.84. The molecular weight excluding hydrogens is 219 g/mol. The molecule has 1 atom stereocenters. The Hall–Kier alpha value is -0.440. The summed E-state index contributed by atoms with van der Waals surface area (Å²) in [5.74, 6) is 0. The average Bonchev–Trinajstić information content (AvgIpc) is 2.09. The van der Waals surface area contributed by atoms with Crippen LogP contribution in [0.1, 0.15) is 31.4 Å². The molecule has 0 saturated heterocycles. The van der Waals surface area contributed by atoms with Crippen LogP contribution in [0.25, 0.3) is 0 Å². The van der Waals surface area contributed by atoms with Crippen molar-refractivity contribution in [3.8, 4) is 0 Å². The van der Waals surface area contributed by atoms with Gasteiger partial charge in [0, 0.05) is 16.8 Å². The third kappa shape index (κ3) is 3.37. The van der Waals surface area contributed by atoms with E-state index in [1.165, 1.54) is 0 Å². The van der Waals surface area contributed by atoms with E-state index in [9.17, 15) is 0 Å². The second-order valence-electron chi connectivity index (χ2n) is 3.17. The standard InChI is InChI=1S/C10H15ClN2.ClH/c1-2-3-9(12)8-6-7(11)4-5-10(8)13;/h4-6,9H,2-3,12-13H2,1H3;1H/t9-;/m0./s1. The first-order valence-electron chi connectivity index (χ1n) is 4.45. The number of benzene rings is 1. The molecule has 0 unspecified atom stereocenters. The first-order valence-corrected chi connectivity index (χ1v) is 4.83. The zero-order valence-electron chi connectivity index (χ0n) is 8.16.